The number of carbonyl (C=O) groups is 1. The number of hydrogen-bond donors (Lipinski definition) is 0. The number of ether oxygens (including phenoxy) is 2. The molecule has 0 bridgehead atoms. The van der Waals surface area contributed by atoms with Crippen LogP contribution in [0.1, 0.15) is 51.6 Å². The lowest BCUT2D eigenvalue weighted by Gasteiger charge is -2.25. The molecule has 39 heavy (non-hydrogen) atoms. The summed E-state index contributed by atoms with van der Waals surface area (Å²) in [5.41, 5.74) is 3.06. The van der Waals surface area contributed by atoms with E-state index in [0.717, 1.165) is 21.5 Å². The van der Waals surface area contributed by atoms with E-state index >= 15 is 0 Å². The standard InChI is InChI=1S/C15H18Cl2N2O3.C13H18ClNO2/c1-8(2)21-12-7-11(9(16)6-10(12)17)19-14(20)22-13(18-19)15(3,4)5;1-10-5-4-6-11(2)13(10)15(7-8-17-3)12(16)9-14/h6-8H,1-5H3;4-6H,7-9H2,1-3H3. The zero-order chi connectivity index (χ0) is 29.5. The molecular formula is C28H36Cl3N3O5. The van der Waals surface area contributed by atoms with Crippen molar-refractivity contribution in [3.05, 3.63) is 67.9 Å². The molecule has 1 amide bonds. The lowest BCUT2D eigenvalue weighted by molar-refractivity contribution is -0.116. The SMILES string of the molecule is CC(C)Oc1cc(-n2nc(C(C)(C)C)oc2=O)c(Cl)cc1Cl.COCCN(C(=O)CCl)c1c(C)cccc1C. The van der Waals surface area contributed by atoms with Crippen molar-refractivity contribution in [2.45, 2.75) is 60.0 Å². The molecule has 0 unspecified atom stereocenters. The molecule has 3 aromatic rings. The Morgan fingerprint density at radius 3 is 2.23 bits per heavy atom. The Kier molecular flexibility index (Phi) is 11.9. The third-order valence-corrected chi connectivity index (χ3v) is 6.25. The molecular weight excluding hydrogens is 565 g/mol. The molecule has 0 fully saturated rings. The van der Waals surface area contributed by atoms with Crippen LogP contribution in [0.2, 0.25) is 10.0 Å². The molecule has 1 heterocycles. The molecule has 0 N–H and O–H groups in total. The van der Waals surface area contributed by atoms with Gasteiger partial charge in [0, 0.05) is 30.8 Å². The molecule has 1 aromatic heterocycles. The van der Waals surface area contributed by atoms with Gasteiger partial charge in [0.25, 0.3) is 0 Å². The Labute approximate surface area is 244 Å². The maximum absolute atomic E-state index is 12.1. The van der Waals surface area contributed by atoms with Crippen molar-refractivity contribution >= 4 is 46.4 Å². The fourth-order valence-electron chi connectivity index (χ4n) is 3.61. The third kappa shape index (κ3) is 8.73. The highest BCUT2D eigenvalue weighted by molar-refractivity contribution is 6.36. The average molecular weight is 601 g/mol. The number of nitrogens with zero attached hydrogens (tertiary/aromatic N) is 3. The van der Waals surface area contributed by atoms with Crippen LogP contribution in [0.25, 0.3) is 5.69 Å². The van der Waals surface area contributed by atoms with E-state index < -0.39 is 5.76 Å². The Bertz CT molecular complexity index is 1310. The van der Waals surface area contributed by atoms with Crippen LogP contribution in [0.4, 0.5) is 5.69 Å². The fraction of sp³-hybridized carbons (Fsp3) is 0.464. The van der Waals surface area contributed by atoms with Crippen molar-refractivity contribution in [1.82, 2.24) is 9.78 Å². The van der Waals surface area contributed by atoms with Gasteiger partial charge in [-0.15, -0.1) is 16.7 Å². The van der Waals surface area contributed by atoms with E-state index in [1.807, 2.05) is 66.7 Å². The summed E-state index contributed by atoms with van der Waals surface area (Å²) >= 11 is 17.9. The molecule has 11 heteroatoms. The lowest BCUT2D eigenvalue weighted by Crippen LogP contribution is -2.35. The first-order valence-electron chi connectivity index (χ1n) is 12.4. The second-order valence-corrected chi connectivity index (χ2v) is 11.2. The van der Waals surface area contributed by atoms with Crippen LogP contribution in [0.15, 0.2) is 39.5 Å². The quantitative estimate of drug-likeness (QED) is 0.266. The fourth-order valence-corrected chi connectivity index (χ4v) is 4.26. The van der Waals surface area contributed by atoms with Crippen LogP contribution in [0, 0.1) is 13.8 Å². The maximum Gasteiger partial charge on any atom is 0.442 e. The highest BCUT2D eigenvalue weighted by atomic mass is 35.5. The molecule has 214 valence electrons. The number of aromatic nitrogens is 2. The Morgan fingerprint density at radius 1 is 1.13 bits per heavy atom. The van der Waals surface area contributed by atoms with Gasteiger partial charge >= 0.3 is 5.76 Å². The molecule has 0 radical (unpaired) electrons. The number of methoxy groups -OCH3 is 1. The second kappa shape index (κ2) is 14.2. The first kappa shape index (κ1) is 32.7. The van der Waals surface area contributed by atoms with Crippen molar-refractivity contribution in [2.24, 2.45) is 0 Å². The molecule has 0 aliphatic rings. The Hall–Kier alpha value is -2.52. The van der Waals surface area contributed by atoms with Crippen LogP contribution in [-0.2, 0) is 14.9 Å². The normalized spacial score (nSPS) is 11.3. The summed E-state index contributed by atoms with van der Waals surface area (Å²) in [4.78, 5) is 25.6. The highest BCUT2D eigenvalue weighted by Crippen LogP contribution is 2.33. The summed E-state index contributed by atoms with van der Waals surface area (Å²) in [5, 5.41) is 4.88. The van der Waals surface area contributed by atoms with Gasteiger partial charge in [0.05, 0.1) is 28.4 Å². The average Bonchev–Trinajstić information content (AvgIpc) is 3.24. The lowest BCUT2D eigenvalue weighted by atomic mass is 9.97. The van der Waals surface area contributed by atoms with E-state index in [9.17, 15) is 9.59 Å². The van der Waals surface area contributed by atoms with Crippen molar-refractivity contribution in [1.29, 1.82) is 0 Å². The van der Waals surface area contributed by atoms with E-state index in [1.165, 1.54) is 6.07 Å². The predicted octanol–water partition coefficient (Wildman–Crippen LogP) is 6.74. The van der Waals surface area contributed by atoms with Crippen LogP contribution in [-0.4, -0.2) is 47.9 Å². The molecule has 3 rings (SSSR count). The van der Waals surface area contributed by atoms with E-state index in [0.29, 0.717) is 35.5 Å². The molecule has 0 atom stereocenters. The van der Waals surface area contributed by atoms with Gasteiger partial charge in [-0.3, -0.25) is 4.79 Å². The van der Waals surface area contributed by atoms with Gasteiger partial charge in [-0.25, -0.2) is 4.79 Å². The molecule has 2 aromatic carbocycles. The largest absolute Gasteiger partial charge is 0.489 e. The number of amides is 1. The number of benzene rings is 2. The minimum atomic E-state index is -0.607. The predicted molar refractivity (Wildman–Crippen MR) is 157 cm³/mol. The summed E-state index contributed by atoms with van der Waals surface area (Å²) in [6.07, 6.45) is -0.0642. The van der Waals surface area contributed by atoms with E-state index in [4.69, 9.17) is 48.7 Å². The summed E-state index contributed by atoms with van der Waals surface area (Å²) < 4.78 is 17.0. The van der Waals surface area contributed by atoms with Gasteiger partial charge in [-0.1, -0.05) is 62.2 Å². The maximum atomic E-state index is 12.1. The number of carbonyl (C=O) groups excluding carboxylic acids is 1. The number of alkyl halides is 1. The van der Waals surface area contributed by atoms with Crippen LogP contribution < -0.4 is 15.4 Å². The Morgan fingerprint density at radius 2 is 1.74 bits per heavy atom. The molecule has 0 saturated heterocycles. The number of anilines is 1. The van der Waals surface area contributed by atoms with Crippen molar-refractivity contribution < 1.29 is 18.7 Å². The molecule has 0 aliphatic carbocycles. The van der Waals surface area contributed by atoms with Crippen molar-refractivity contribution in [3.63, 3.8) is 0 Å². The summed E-state index contributed by atoms with van der Waals surface area (Å²) in [7, 11) is 1.62. The second-order valence-electron chi connectivity index (χ2n) is 10.1. The van der Waals surface area contributed by atoms with E-state index in [-0.39, 0.29) is 28.3 Å². The minimum Gasteiger partial charge on any atom is -0.489 e. The number of halogens is 3. The van der Waals surface area contributed by atoms with Gasteiger partial charge in [-0.05, 0) is 44.9 Å². The first-order chi connectivity index (χ1) is 18.2. The van der Waals surface area contributed by atoms with Crippen molar-refractivity contribution in [3.8, 4) is 11.4 Å². The van der Waals surface area contributed by atoms with Gasteiger partial charge in [0.15, 0.2) is 0 Å². The number of hydrogen-bond acceptors (Lipinski definition) is 6. The molecule has 0 saturated carbocycles. The van der Waals surface area contributed by atoms with Gasteiger partial charge in [0.2, 0.25) is 11.8 Å². The van der Waals surface area contributed by atoms with Gasteiger partial charge in [0.1, 0.15) is 11.6 Å². The zero-order valence-electron chi connectivity index (χ0n) is 23.6. The summed E-state index contributed by atoms with van der Waals surface area (Å²) in [6.45, 7) is 14.5. The Balaban J connectivity index is 0.000000283. The highest BCUT2D eigenvalue weighted by Gasteiger charge is 2.24. The van der Waals surface area contributed by atoms with Crippen LogP contribution in [0.5, 0.6) is 5.75 Å². The monoisotopic (exact) mass is 599 g/mol. The molecule has 8 nitrogen and oxygen atoms in total. The van der Waals surface area contributed by atoms with Crippen LogP contribution in [0.3, 0.4) is 0 Å². The topological polar surface area (TPSA) is 86.8 Å². The van der Waals surface area contributed by atoms with Crippen molar-refractivity contribution in [2.75, 3.05) is 31.0 Å². The van der Waals surface area contributed by atoms with Gasteiger partial charge in [-0.2, -0.15) is 4.68 Å². The number of para-hydroxylation sites is 1. The van der Waals surface area contributed by atoms with Gasteiger partial charge < -0.3 is 18.8 Å². The third-order valence-electron chi connectivity index (χ3n) is 5.43. The zero-order valence-corrected chi connectivity index (χ0v) is 25.9. The molecule has 0 aliphatic heterocycles. The first-order valence-corrected chi connectivity index (χ1v) is 13.7. The van der Waals surface area contributed by atoms with Crippen LogP contribution >= 0.6 is 34.8 Å². The number of aryl methyl sites for hydroxylation is 2. The minimum absolute atomic E-state index is 0.0164. The van der Waals surface area contributed by atoms with E-state index in [1.54, 1.807) is 18.1 Å². The van der Waals surface area contributed by atoms with E-state index in [2.05, 4.69) is 5.10 Å². The number of rotatable bonds is 8. The molecule has 0 spiro atoms. The summed E-state index contributed by atoms with van der Waals surface area (Å²) in [5.74, 6) is 0.0428. The summed E-state index contributed by atoms with van der Waals surface area (Å²) in [6, 6.07) is 9.07. The smallest absolute Gasteiger partial charge is 0.442 e.